The molecule has 110 valence electrons. The second kappa shape index (κ2) is 8.69. The first-order valence-corrected chi connectivity index (χ1v) is 7.71. The predicted octanol–water partition coefficient (Wildman–Crippen LogP) is 0.745. The summed E-state index contributed by atoms with van der Waals surface area (Å²) in [5.41, 5.74) is 0.996. The summed E-state index contributed by atoms with van der Waals surface area (Å²) < 4.78 is 15.9. The molecule has 0 unspecified atom stereocenters. The van der Waals surface area contributed by atoms with Gasteiger partial charge < -0.3 is 27.6 Å². The van der Waals surface area contributed by atoms with E-state index in [4.69, 9.17) is 14.2 Å². The van der Waals surface area contributed by atoms with Crippen molar-refractivity contribution in [3.8, 4) is 17.2 Å². The number of hydrogen-bond donors (Lipinski definition) is 0. The van der Waals surface area contributed by atoms with Gasteiger partial charge in [0.25, 0.3) is 0 Å². The molecule has 0 atom stereocenters. The van der Waals surface area contributed by atoms with Crippen molar-refractivity contribution in [3.05, 3.63) is 17.7 Å². The van der Waals surface area contributed by atoms with Crippen molar-refractivity contribution >= 4 is 14.1 Å². The van der Waals surface area contributed by atoms with E-state index in [-0.39, 0.29) is 24.4 Å². The summed E-state index contributed by atoms with van der Waals surface area (Å²) in [6, 6.07) is 3.50. The number of ether oxygens (including phenoxy) is 3. The minimum atomic E-state index is 0. The second-order valence-corrected chi connectivity index (χ2v) is 6.15. The second-order valence-electron chi connectivity index (χ2n) is 4.75. The van der Waals surface area contributed by atoms with Gasteiger partial charge in [0.2, 0.25) is 0 Å². The first-order valence-electron chi connectivity index (χ1n) is 6.75. The predicted molar refractivity (Wildman–Crippen MR) is 79.6 cm³/mol. The van der Waals surface area contributed by atoms with Crippen molar-refractivity contribution < 1.29 is 37.9 Å². The van der Waals surface area contributed by atoms with E-state index in [0.717, 1.165) is 21.4 Å². The van der Waals surface area contributed by atoms with Gasteiger partial charge in [0.1, 0.15) is 5.75 Å². The minimum absolute atomic E-state index is 0. The van der Waals surface area contributed by atoms with E-state index >= 15 is 0 Å². The first-order chi connectivity index (χ1) is 9.71. The zero-order valence-corrected chi connectivity index (χ0v) is 14.0. The molecule has 0 N–H and O–H groups in total. The van der Waals surface area contributed by atoms with E-state index in [1.807, 2.05) is 0 Å². The third kappa shape index (κ3) is 4.16. The van der Waals surface area contributed by atoms with Crippen molar-refractivity contribution in [1.29, 1.82) is 0 Å². The summed E-state index contributed by atoms with van der Waals surface area (Å²) in [5, 5.41) is 0. The van der Waals surface area contributed by atoms with Crippen molar-refractivity contribution in [2.75, 3.05) is 21.3 Å². The minimum Gasteiger partial charge on any atom is -0.496 e. The standard InChI is InChI=1S/C15H20O4P.Li/c1-17-11-8-9-12(18-2)14(19-3)13(11)15(16)20-10-6-4-5-7-10;/h8-10H,4-7H2,1-3H3;/q-1;+1. The van der Waals surface area contributed by atoms with Gasteiger partial charge >= 0.3 is 18.9 Å². The van der Waals surface area contributed by atoms with Crippen LogP contribution in [0.5, 0.6) is 17.2 Å². The van der Waals surface area contributed by atoms with Crippen LogP contribution in [0, 0.1) is 0 Å². The average Bonchev–Trinajstić information content (AvgIpc) is 2.98. The van der Waals surface area contributed by atoms with Gasteiger partial charge in [-0.1, -0.05) is 25.7 Å². The van der Waals surface area contributed by atoms with E-state index < -0.39 is 0 Å². The summed E-state index contributed by atoms with van der Waals surface area (Å²) in [7, 11) is 5.50. The van der Waals surface area contributed by atoms with Crippen LogP contribution in [0.3, 0.4) is 0 Å². The SMILES string of the molecule is COc1ccc(OC)c(C(=O)[P-]C2CCCC2)c1OC.[Li+]. The Balaban J connectivity index is 0.00000220. The van der Waals surface area contributed by atoms with Gasteiger partial charge in [-0.25, -0.2) is 0 Å². The Morgan fingerprint density at radius 1 is 1.05 bits per heavy atom. The van der Waals surface area contributed by atoms with Crippen molar-refractivity contribution in [2.24, 2.45) is 0 Å². The molecule has 0 bridgehead atoms. The third-order valence-electron chi connectivity index (χ3n) is 3.57. The molecule has 1 aromatic carbocycles. The maximum Gasteiger partial charge on any atom is 1.00 e. The van der Waals surface area contributed by atoms with Crippen LogP contribution in [0.1, 0.15) is 36.0 Å². The summed E-state index contributed by atoms with van der Waals surface area (Å²) in [6.45, 7) is 0. The van der Waals surface area contributed by atoms with Gasteiger partial charge in [0.15, 0.2) is 11.5 Å². The summed E-state index contributed by atoms with van der Waals surface area (Å²) in [5.74, 6) is 1.55. The topological polar surface area (TPSA) is 44.8 Å². The fourth-order valence-electron chi connectivity index (χ4n) is 2.55. The molecule has 1 saturated carbocycles. The average molecular weight is 302 g/mol. The maximum absolute atomic E-state index is 12.6. The summed E-state index contributed by atoms with van der Waals surface area (Å²) >= 11 is 0. The Morgan fingerprint density at radius 2 is 1.62 bits per heavy atom. The number of benzene rings is 1. The molecular formula is C15H20LiO4P. The van der Waals surface area contributed by atoms with Gasteiger partial charge in [-0.2, -0.15) is 5.66 Å². The molecule has 4 nitrogen and oxygen atoms in total. The quantitative estimate of drug-likeness (QED) is 0.574. The van der Waals surface area contributed by atoms with E-state index in [0.29, 0.717) is 28.5 Å². The first kappa shape index (κ1) is 18.4. The molecule has 0 amide bonds. The summed E-state index contributed by atoms with van der Waals surface area (Å²) in [4.78, 5) is 12.6. The third-order valence-corrected chi connectivity index (χ3v) is 4.91. The number of methoxy groups -OCH3 is 3. The van der Waals surface area contributed by atoms with Crippen LogP contribution >= 0.6 is 8.58 Å². The Hall–Kier alpha value is -0.683. The molecule has 0 spiro atoms. The molecule has 21 heavy (non-hydrogen) atoms. The van der Waals surface area contributed by atoms with Crippen molar-refractivity contribution in [2.45, 2.75) is 31.3 Å². The molecule has 0 saturated heterocycles. The molecule has 1 aliphatic carbocycles. The molecule has 0 radical (unpaired) electrons. The van der Waals surface area contributed by atoms with Crippen molar-refractivity contribution in [1.82, 2.24) is 0 Å². The largest absolute Gasteiger partial charge is 1.00 e. The molecule has 0 aromatic heterocycles. The maximum atomic E-state index is 12.6. The van der Waals surface area contributed by atoms with Crippen LogP contribution in [-0.2, 0) is 0 Å². The van der Waals surface area contributed by atoms with E-state index in [2.05, 4.69) is 0 Å². The van der Waals surface area contributed by atoms with Gasteiger partial charge in [0.05, 0.1) is 26.9 Å². The van der Waals surface area contributed by atoms with Gasteiger partial charge in [-0.3, -0.25) is 0 Å². The van der Waals surface area contributed by atoms with Gasteiger partial charge in [0, 0.05) is 5.52 Å². The van der Waals surface area contributed by atoms with E-state index in [1.165, 1.54) is 12.8 Å². The van der Waals surface area contributed by atoms with Crippen LogP contribution < -0.4 is 33.1 Å². The number of carbonyl (C=O) groups excluding carboxylic acids is 1. The normalized spacial score (nSPS) is 15.0. The Bertz CT molecular complexity index is 487. The fourth-order valence-corrected chi connectivity index (χ4v) is 3.84. The molecule has 1 fully saturated rings. The fraction of sp³-hybridized carbons (Fsp3) is 0.533. The smallest absolute Gasteiger partial charge is 0.496 e. The monoisotopic (exact) mass is 302 g/mol. The van der Waals surface area contributed by atoms with Gasteiger partial charge in [-0.15, -0.1) is 0 Å². The molecule has 1 aromatic rings. The molecule has 6 heteroatoms. The number of rotatable bonds is 6. The molecule has 2 rings (SSSR count). The van der Waals surface area contributed by atoms with Crippen LogP contribution in [-0.4, -0.2) is 32.5 Å². The van der Waals surface area contributed by atoms with Crippen LogP contribution in [0.2, 0.25) is 0 Å². The summed E-state index contributed by atoms with van der Waals surface area (Å²) in [6.07, 6.45) is 4.69. The van der Waals surface area contributed by atoms with Crippen LogP contribution in [0.4, 0.5) is 0 Å². The molecule has 0 aliphatic heterocycles. The van der Waals surface area contributed by atoms with Crippen LogP contribution in [0.15, 0.2) is 12.1 Å². The molecule has 0 heterocycles. The van der Waals surface area contributed by atoms with Crippen LogP contribution in [0.25, 0.3) is 0 Å². The Kier molecular flexibility index (Phi) is 7.60. The van der Waals surface area contributed by atoms with E-state index in [9.17, 15) is 4.79 Å². The molecular weight excluding hydrogens is 282 g/mol. The number of carbonyl (C=O) groups is 1. The zero-order valence-electron chi connectivity index (χ0n) is 13.1. The Morgan fingerprint density at radius 3 is 2.14 bits per heavy atom. The number of hydrogen-bond acceptors (Lipinski definition) is 4. The zero-order chi connectivity index (χ0) is 14.5. The van der Waals surface area contributed by atoms with Crippen molar-refractivity contribution in [3.63, 3.8) is 0 Å². The molecule has 1 aliphatic rings. The van der Waals surface area contributed by atoms with E-state index in [1.54, 1.807) is 33.5 Å². The Labute approximate surface area is 139 Å². The van der Waals surface area contributed by atoms with Gasteiger partial charge in [-0.05, 0) is 12.1 Å².